The maximum atomic E-state index is 12.4. The molecule has 23 heavy (non-hydrogen) atoms. The summed E-state index contributed by atoms with van der Waals surface area (Å²) in [7, 11) is 1.80. The first-order valence-corrected chi connectivity index (χ1v) is 7.70. The first-order chi connectivity index (χ1) is 11.2. The van der Waals surface area contributed by atoms with Crippen molar-refractivity contribution in [2.45, 2.75) is 19.4 Å². The SMILES string of the molecule is CCOc1nccnc1N1CCC(N(C)C(=O)c2ccco2)C1. The number of amides is 1. The number of aromatic nitrogens is 2. The van der Waals surface area contributed by atoms with E-state index < -0.39 is 0 Å². The van der Waals surface area contributed by atoms with Gasteiger partial charge in [-0.1, -0.05) is 0 Å². The summed E-state index contributed by atoms with van der Waals surface area (Å²) in [5, 5.41) is 0. The number of rotatable bonds is 5. The van der Waals surface area contributed by atoms with E-state index in [1.165, 1.54) is 6.26 Å². The molecule has 1 aliphatic rings. The molecule has 0 aromatic carbocycles. The smallest absolute Gasteiger partial charge is 0.289 e. The lowest BCUT2D eigenvalue weighted by Crippen LogP contribution is -2.39. The van der Waals surface area contributed by atoms with Crippen molar-refractivity contribution in [2.24, 2.45) is 0 Å². The molecule has 2 aromatic heterocycles. The van der Waals surface area contributed by atoms with Crippen molar-refractivity contribution < 1.29 is 13.9 Å². The van der Waals surface area contributed by atoms with Crippen LogP contribution in [0.25, 0.3) is 0 Å². The molecule has 1 saturated heterocycles. The minimum Gasteiger partial charge on any atom is -0.475 e. The topological polar surface area (TPSA) is 71.7 Å². The van der Waals surface area contributed by atoms with Crippen molar-refractivity contribution in [1.29, 1.82) is 0 Å². The van der Waals surface area contributed by atoms with E-state index in [9.17, 15) is 4.79 Å². The molecule has 3 heterocycles. The molecule has 1 atom stereocenters. The number of nitrogens with zero attached hydrogens (tertiary/aromatic N) is 4. The predicted octanol–water partition coefficient (Wildman–Crippen LogP) is 1.82. The number of likely N-dealkylation sites (N-methyl/N-ethyl adjacent to an activating group) is 1. The average Bonchev–Trinajstić information content (AvgIpc) is 3.26. The zero-order chi connectivity index (χ0) is 16.2. The summed E-state index contributed by atoms with van der Waals surface area (Å²) in [6.07, 6.45) is 5.65. The molecular formula is C16H20N4O3. The second-order valence-corrected chi connectivity index (χ2v) is 5.40. The van der Waals surface area contributed by atoms with Gasteiger partial charge in [-0.05, 0) is 25.5 Å². The van der Waals surface area contributed by atoms with E-state index in [0.29, 0.717) is 24.8 Å². The van der Waals surface area contributed by atoms with Crippen molar-refractivity contribution in [3.8, 4) is 5.88 Å². The van der Waals surface area contributed by atoms with Crippen LogP contribution in [-0.2, 0) is 0 Å². The minimum atomic E-state index is -0.106. The van der Waals surface area contributed by atoms with Crippen LogP contribution in [0.1, 0.15) is 23.9 Å². The third kappa shape index (κ3) is 3.13. The summed E-state index contributed by atoms with van der Waals surface area (Å²) < 4.78 is 10.7. The molecule has 0 saturated carbocycles. The highest BCUT2D eigenvalue weighted by Gasteiger charge is 2.31. The number of hydrogen-bond donors (Lipinski definition) is 0. The molecule has 0 radical (unpaired) electrons. The summed E-state index contributed by atoms with van der Waals surface area (Å²) in [4.78, 5) is 24.8. The second kappa shape index (κ2) is 6.68. The van der Waals surface area contributed by atoms with Gasteiger partial charge >= 0.3 is 0 Å². The summed E-state index contributed by atoms with van der Waals surface area (Å²) in [6, 6.07) is 3.50. The van der Waals surface area contributed by atoms with E-state index >= 15 is 0 Å². The molecule has 122 valence electrons. The van der Waals surface area contributed by atoms with Gasteiger partial charge in [-0.2, -0.15) is 0 Å². The Morgan fingerprint density at radius 2 is 2.30 bits per heavy atom. The summed E-state index contributed by atoms with van der Waals surface area (Å²) in [5.74, 6) is 1.53. The Morgan fingerprint density at radius 3 is 3.04 bits per heavy atom. The molecule has 3 rings (SSSR count). The van der Waals surface area contributed by atoms with Gasteiger partial charge in [-0.3, -0.25) is 4.79 Å². The van der Waals surface area contributed by atoms with Gasteiger partial charge in [0.05, 0.1) is 18.9 Å². The zero-order valence-electron chi connectivity index (χ0n) is 13.3. The molecule has 7 nitrogen and oxygen atoms in total. The van der Waals surface area contributed by atoms with Crippen molar-refractivity contribution >= 4 is 11.7 Å². The zero-order valence-corrected chi connectivity index (χ0v) is 13.3. The van der Waals surface area contributed by atoms with E-state index in [4.69, 9.17) is 9.15 Å². The van der Waals surface area contributed by atoms with Gasteiger partial charge in [0.2, 0.25) is 0 Å². The monoisotopic (exact) mass is 316 g/mol. The van der Waals surface area contributed by atoms with E-state index in [0.717, 1.165) is 18.8 Å². The van der Waals surface area contributed by atoms with Gasteiger partial charge in [0.1, 0.15) is 0 Å². The average molecular weight is 316 g/mol. The van der Waals surface area contributed by atoms with Gasteiger partial charge in [-0.15, -0.1) is 0 Å². The van der Waals surface area contributed by atoms with Crippen molar-refractivity contribution in [2.75, 3.05) is 31.6 Å². The van der Waals surface area contributed by atoms with Gasteiger partial charge in [0.15, 0.2) is 11.6 Å². The Kier molecular flexibility index (Phi) is 4.45. The van der Waals surface area contributed by atoms with Crippen LogP contribution in [0.15, 0.2) is 35.2 Å². The highest BCUT2D eigenvalue weighted by Crippen LogP contribution is 2.27. The van der Waals surface area contributed by atoms with Gasteiger partial charge in [-0.25, -0.2) is 9.97 Å². The highest BCUT2D eigenvalue weighted by atomic mass is 16.5. The number of ether oxygens (including phenoxy) is 1. The Hall–Kier alpha value is -2.57. The van der Waals surface area contributed by atoms with Crippen LogP contribution in [0.4, 0.5) is 5.82 Å². The maximum absolute atomic E-state index is 12.4. The van der Waals surface area contributed by atoms with E-state index in [-0.39, 0.29) is 11.9 Å². The predicted molar refractivity (Wildman–Crippen MR) is 84.6 cm³/mol. The lowest BCUT2D eigenvalue weighted by molar-refractivity contribution is 0.0713. The van der Waals surface area contributed by atoms with Gasteiger partial charge < -0.3 is 19.0 Å². The normalized spacial score (nSPS) is 17.3. The molecule has 1 fully saturated rings. The van der Waals surface area contributed by atoms with Gasteiger partial charge in [0.25, 0.3) is 11.8 Å². The lowest BCUT2D eigenvalue weighted by atomic mass is 10.2. The number of furan rings is 1. The molecule has 2 aromatic rings. The number of anilines is 1. The van der Waals surface area contributed by atoms with E-state index in [1.807, 2.05) is 6.92 Å². The Bertz CT molecular complexity index is 659. The van der Waals surface area contributed by atoms with Crippen LogP contribution in [0.3, 0.4) is 0 Å². The molecule has 7 heteroatoms. The Morgan fingerprint density at radius 1 is 1.48 bits per heavy atom. The Labute approximate surface area is 134 Å². The molecule has 1 unspecified atom stereocenters. The van der Waals surface area contributed by atoms with Crippen molar-refractivity contribution in [3.05, 3.63) is 36.5 Å². The van der Waals surface area contributed by atoms with E-state index in [2.05, 4.69) is 14.9 Å². The summed E-state index contributed by atoms with van der Waals surface area (Å²) >= 11 is 0. The van der Waals surface area contributed by atoms with Crippen LogP contribution in [0.2, 0.25) is 0 Å². The van der Waals surface area contributed by atoms with Crippen LogP contribution in [-0.4, -0.2) is 53.6 Å². The number of hydrogen-bond acceptors (Lipinski definition) is 6. The summed E-state index contributed by atoms with van der Waals surface area (Å²) in [6.45, 7) is 3.96. The Balaban J connectivity index is 1.70. The van der Waals surface area contributed by atoms with Crippen LogP contribution in [0.5, 0.6) is 5.88 Å². The number of carbonyl (C=O) groups excluding carboxylic acids is 1. The molecule has 0 bridgehead atoms. The molecule has 1 aliphatic heterocycles. The molecule has 0 aliphatic carbocycles. The molecule has 1 amide bonds. The standard InChI is InChI=1S/C16H20N4O3/c1-3-22-15-14(17-7-8-18-15)20-9-6-12(11-20)19(2)16(21)13-5-4-10-23-13/h4-5,7-8,10,12H,3,6,9,11H2,1-2H3. The number of carbonyl (C=O) groups is 1. The molecule has 0 spiro atoms. The first kappa shape index (κ1) is 15.3. The van der Waals surface area contributed by atoms with Crippen molar-refractivity contribution in [3.63, 3.8) is 0 Å². The maximum Gasteiger partial charge on any atom is 0.289 e. The first-order valence-electron chi connectivity index (χ1n) is 7.70. The van der Waals surface area contributed by atoms with Gasteiger partial charge in [0, 0.05) is 32.5 Å². The summed E-state index contributed by atoms with van der Waals surface area (Å²) in [5.41, 5.74) is 0. The minimum absolute atomic E-state index is 0.101. The molecular weight excluding hydrogens is 296 g/mol. The van der Waals surface area contributed by atoms with Crippen LogP contribution < -0.4 is 9.64 Å². The fourth-order valence-electron chi connectivity index (χ4n) is 2.76. The quantitative estimate of drug-likeness (QED) is 0.838. The highest BCUT2D eigenvalue weighted by molar-refractivity contribution is 5.91. The largest absolute Gasteiger partial charge is 0.475 e. The van der Waals surface area contributed by atoms with Crippen molar-refractivity contribution in [1.82, 2.24) is 14.9 Å². The third-order valence-corrected chi connectivity index (χ3v) is 3.99. The fraction of sp³-hybridized carbons (Fsp3) is 0.438. The second-order valence-electron chi connectivity index (χ2n) is 5.40. The van der Waals surface area contributed by atoms with Crippen LogP contribution in [0, 0.1) is 0 Å². The molecule has 0 N–H and O–H groups in total. The third-order valence-electron chi connectivity index (χ3n) is 3.99. The van der Waals surface area contributed by atoms with Crippen LogP contribution >= 0.6 is 0 Å². The lowest BCUT2D eigenvalue weighted by Gasteiger charge is -2.24. The fourth-order valence-corrected chi connectivity index (χ4v) is 2.76. The van der Waals surface area contributed by atoms with E-state index in [1.54, 1.807) is 36.5 Å².